The van der Waals surface area contributed by atoms with E-state index in [-0.39, 0.29) is 23.0 Å². The van der Waals surface area contributed by atoms with Crippen molar-refractivity contribution in [1.29, 1.82) is 0 Å². The van der Waals surface area contributed by atoms with Crippen molar-refractivity contribution in [2.45, 2.75) is 12.8 Å². The molecule has 0 atom stereocenters. The average molecular weight is 352 g/mol. The molecule has 0 unspecified atom stereocenters. The Morgan fingerprint density at radius 2 is 1.96 bits per heavy atom. The molecular formula is C16H18ClN3O4. The van der Waals surface area contributed by atoms with Crippen molar-refractivity contribution >= 4 is 29.3 Å². The molecular weight excluding hydrogens is 334 g/mol. The van der Waals surface area contributed by atoms with Gasteiger partial charge >= 0.3 is 5.97 Å². The number of aromatic carboxylic acids is 1. The van der Waals surface area contributed by atoms with Gasteiger partial charge in [0, 0.05) is 37.6 Å². The van der Waals surface area contributed by atoms with Crippen LogP contribution in [-0.4, -0.2) is 47.7 Å². The minimum Gasteiger partial charge on any atom is -0.477 e. The van der Waals surface area contributed by atoms with E-state index < -0.39 is 5.97 Å². The van der Waals surface area contributed by atoms with E-state index in [1.807, 2.05) is 0 Å². The maximum absolute atomic E-state index is 11.5. The highest BCUT2D eigenvalue weighted by molar-refractivity contribution is 6.30. The number of hydrogen-bond acceptors (Lipinski definition) is 5. The third kappa shape index (κ3) is 4.26. The molecule has 1 heterocycles. The summed E-state index contributed by atoms with van der Waals surface area (Å²) in [4.78, 5) is 24.6. The molecule has 128 valence electrons. The van der Waals surface area contributed by atoms with Crippen molar-refractivity contribution in [2.24, 2.45) is 0 Å². The Labute approximate surface area is 144 Å². The number of halogens is 1. The molecule has 2 aromatic rings. The lowest BCUT2D eigenvalue weighted by molar-refractivity contribution is -0.128. The SMILES string of the molecule is CN(C)C(=O)CCCNc1noc(-c2ccc(Cl)cc2)c1C(=O)O. The predicted molar refractivity (Wildman–Crippen MR) is 90.3 cm³/mol. The third-order valence-electron chi connectivity index (χ3n) is 3.37. The lowest BCUT2D eigenvalue weighted by atomic mass is 10.1. The van der Waals surface area contributed by atoms with Gasteiger partial charge in [-0.2, -0.15) is 0 Å². The van der Waals surface area contributed by atoms with Gasteiger partial charge in [0.2, 0.25) is 5.91 Å². The smallest absolute Gasteiger partial charge is 0.343 e. The van der Waals surface area contributed by atoms with E-state index in [0.29, 0.717) is 30.0 Å². The Morgan fingerprint density at radius 3 is 2.54 bits per heavy atom. The maximum Gasteiger partial charge on any atom is 0.343 e. The molecule has 7 nitrogen and oxygen atoms in total. The number of benzene rings is 1. The average Bonchev–Trinajstić information content (AvgIpc) is 2.96. The van der Waals surface area contributed by atoms with Crippen LogP contribution >= 0.6 is 11.6 Å². The molecule has 0 aliphatic heterocycles. The monoisotopic (exact) mass is 351 g/mol. The number of rotatable bonds is 7. The van der Waals surface area contributed by atoms with Crippen molar-refractivity contribution in [3.8, 4) is 11.3 Å². The van der Waals surface area contributed by atoms with Crippen LogP contribution in [0.4, 0.5) is 5.82 Å². The molecule has 0 aliphatic rings. The van der Waals surface area contributed by atoms with Gasteiger partial charge in [0.15, 0.2) is 17.1 Å². The topological polar surface area (TPSA) is 95.7 Å². The number of anilines is 1. The second-order valence-corrected chi connectivity index (χ2v) is 5.80. The van der Waals surface area contributed by atoms with E-state index in [1.165, 1.54) is 4.90 Å². The van der Waals surface area contributed by atoms with E-state index >= 15 is 0 Å². The van der Waals surface area contributed by atoms with Crippen LogP contribution in [0.5, 0.6) is 0 Å². The summed E-state index contributed by atoms with van der Waals surface area (Å²) in [7, 11) is 3.38. The number of amides is 1. The van der Waals surface area contributed by atoms with Crippen molar-refractivity contribution in [1.82, 2.24) is 10.1 Å². The summed E-state index contributed by atoms with van der Waals surface area (Å²) in [5.41, 5.74) is 0.524. The van der Waals surface area contributed by atoms with Gasteiger partial charge in [0.25, 0.3) is 0 Å². The number of carboxylic acid groups (broad SMARTS) is 1. The van der Waals surface area contributed by atoms with Gasteiger partial charge in [-0.15, -0.1) is 0 Å². The molecule has 1 amide bonds. The van der Waals surface area contributed by atoms with Crippen LogP contribution in [0.3, 0.4) is 0 Å². The van der Waals surface area contributed by atoms with Crippen molar-refractivity contribution < 1.29 is 19.2 Å². The van der Waals surface area contributed by atoms with Gasteiger partial charge < -0.3 is 19.8 Å². The molecule has 0 radical (unpaired) electrons. The van der Waals surface area contributed by atoms with Gasteiger partial charge in [-0.1, -0.05) is 16.8 Å². The Kier molecular flexibility index (Phi) is 5.81. The van der Waals surface area contributed by atoms with Crippen LogP contribution in [0.1, 0.15) is 23.2 Å². The maximum atomic E-state index is 11.5. The number of carboxylic acids is 1. The normalized spacial score (nSPS) is 10.5. The van der Waals surface area contributed by atoms with E-state index in [1.54, 1.807) is 38.4 Å². The molecule has 0 aliphatic carbocycles. The Bertz CT molecular complexity index is 725. The first-order valence-electron chi connectivity index (χ1n) is 7.33. The second kappa shape index (κ2) is 7.83. The third-order valence-corrected chi connectivity index (χ3v) is 3.62. The first-order chi connectivity index (χ1) is 11.4. The molecule has 0 saturated heterocycles. The lowest BCUT2D eigenvalue weighted by Crippen LogP contribution is -2.22. The minimum absolute atomic E-state index is 0.0114. The number of carbonyl (C=O) groups excluding carboxylic acids is 1. The number of nitrogens with zero attached hydrogens (tertiary/aromatic N) is 2. The van der Waals surface area contributed by atoms with E-state index in [9.17, 15) is 14.7 Å². The first-order valence-corrected chi connectivity index (χ1v) is 7.71. The van der Waals surface area contributed by atoms with Gasteiger partial charge in [0.1, 0.15) is 0 Å². The van der Waals surface area contributed by atoms with Gasteiger partial charge in [0.05, 0.1) is 0 Å². The largest absolute Gasteiger partial charge is 0.477 e. The van der Waals surface area contributed by atoms with E-state index in [0.717, 1.165) is 0 Å². The highest BCUT2D eigenvalue weighted by Crippen LogP contribution is 2.30. The molecule has 24 heavy (non-hydrogen) atoms. The fourth-order valence-corrected chi connectivity index (χ4v) is 2.20. The second-order valence-electron chi connectivity index (χ2n) is 5.37. The number of nitrogens with one attached hydrogen (secondary N) is 1. The predicted octanol–water partition coefficient (Wildman–Crippen LogP) is 2.97. The van der Waals surface area contributed by atoms with Gasteiger partial charge in [-0.3, -0.25) is 4.79 Å². The Morgan fingerprint density at radius 1 is 1.29 bits per heavy atom. The van der Waals surface area contributed by atoms with Crippen LogP contribution in [0.25, 0.3) is 11.3 Å². The van der Waals surface area contributed by atoms with Crippen LogP contribution in [0.15, 0.2) is 28.8 Å². The summed E-state index contributed by atoms with van der Waals surface area (Å²) in [6.45, 7) is 0.409. The Hall–Kier alpha value is -2.54. The minimum atomic E-state index is -1.15. The summed E-state index contributed by atoms with van der Waals surface area (Å²) in [6.07, 6.45) is 0.920. The van der Waals surface area contributed by atoms with Crippen molar-refractivity contribution in [3.63, 3.8) is 0 Å². The molecule has 8 heteroatoms. The quantitative estimate of drug-likeness (QED) is 0.744. The molecule has 0 bridgehead atoms. The van der Waals surface area contributed by atoms with Crippen molar-refractivity contribution in [2.75, 3.05) is 26.0 Å². The summed E-state index contributed by atoms with van der Waals surface area (Å²) in [6, 6.07) is 6.61. The van der Waals surface area contributed by atoms with Crippen LogP contribution in [0.2, 0.25) is 5.02 Å². The van der Waals surface area contributed by atoms with Crippen LogP contribution in [-0.2, 0) is 4.79 Å². The number of aromatic nitrogens is 1. The summed E-state index contributed by atoms with van der Waals surface area (Å²) in [5.74, 6) is -0.832. The summed E-state index contributed by atoms with van der Waals surface area (Å²) in [5, 5.41) is 16.7. The highest BCUT2D eigenvalue weighted by atomic mass is 35.5. The van der Waals surface area contributed by atoms with Gasteiger partial charge in [-0.25, -0.2) is 4.79 Å². The van der Waals surface area contributed by atoms with Crippen molar-refractivity contribution in [3.05, 3.63) is 34.9 Å². The fourth-order valence-electron chi connectivity index (χ4n) is 2.08. The van der Waals surface area contributed by atoms with Crippen LogP contribution < -0.4 is 5.32 Å². The van der Waals surface area contributed by atoms with Gasteiger partial charge in [-0.05, 0) is 30.7 Å². The molecule has 1 aromatic carbocycles. The molecule has 0 spiro atoms. The number of carbonyl (C=O) groups is 2. The fraction of sp³-hybridized carbons (Fsp3) is 0.312. The zero-order chi connectivity index (χ0) is 17.7. The summed E-state index contributed by atoms with van der Waals surface area (Å²) >= 11 is 5.83. The molecule has 0 saturated carbocycles. The molecule has 2 N–H and O–H groups in total. The first kappa shape index (κ1) is 17.8. The zero-order valence-corrected chi connectivity index (χ0v) is 14.1. The van der Waals surface area contributed by atoms with Crippen LogP contribution in [0, 0.1) is 0 Å². The Balaban J connectivity index is 2.10. The standard InChI is InChI=1S/C16H18ClN3O4/c1-20(2)12(21)4-3-9-18-15-13(16(22)23)14(24-19-15)10-5-7-11(17)8-6-10/h5-8H,3-4,9H2,1-2H3,(H,18,19)(H,22,23). The lowest BCUT2D eigenvalue weighted by Gasteiger charge is -2.09. The molecule has 0 fully saturated rings. The highest BCUT2D eigenvalue weighted by Gasteiger charge is 2.23. The summed E-state index contributed by atoms with van der Waals surface area (Å²) < 4.78 is 5.19. The van der Waals surface area contributed by atoms with E-state index in [4.69, 9.17) is 16.1 Å². The number of hydrogen-bond donors (Lipinski definition) is 2. The zero-order valence-electron chi connectivity index (χ0n) is 13.4. The van der Waals surface area contributed by atoms with E-state index in [2.05, 4.69) is 10.5 Å². The molecule has 2 rings (SSSR count). The molecule has 1 aromatic heterocycles.